The summed E-state index contributed by atoms with van der Waals surface area (Å²) in [7, 11) is 1.72. The summed E-state index contributed by atoms with van der Waals surface area (Å²) in [6, 6.07) is 5.65. The average molecular weight is 245 g/mol. The van der Waals surface area contributed by atoms with Gasteiger partial charge in [-0.1, -0.05) is 18.2 Å². The molecule has 0 saturated heterocycles. The summed E-state index contributed by atoms with van der Waals surface area (Å²) < 4.78 is 21.6. The van der Waals surface area contributed by atoms with Crippen molar-refractivity contribution in [1.29, 1.82) is 0 Å². The minimum Gasteiger partial charge on any atom is -0.278 e. The number of benzene rings is 1. The molecule has 0 aliphatic carbocycles. The third kappa shape index (κ3) is 2.49. The Labute approximate surface area is 91.7 Å². The number of hydrogen-bond donors (Lipinski definition) is 1. The zero-order valence-electron chi connectivity index (χ0n) is 7.77. The minimum absolute atomic E-state index is 0.0628. The number of H-pyrrole nitrogens is 1. The molecular weight excluding hydrogens is 236 g/mol. The number of nitrogens with zero attached hydrogens (tertiary/aromatic N) is 1. The predicted molar refractivity (Wildman–Crippen MR) is 59.4 cm³/mol. The lowest BCUT2D eigenvalue weighted by Crippen LogP contribution is -2.01. The third-order valence-electron chi connectivity index (χ3n) is 2.18. The molecule has 15 heavy (non-hydrogen) atoms. The van der Waals surface area contributed by atoms with E-state index in [9.17, 15) is 8.42 Å². The number of fused-ring (bicyclic) bond motifs is 1. The summed E-state index contributed by atoms with van der Waals surface area (Å²) in [4.78, 5) is 0. The first-order valence-electron chi connectivity index (χ1n) is 4.39. The number of nitrogens with one attached hydrogen (secondary N) is 1. The second-order valence-corrected chi connectivity index (χ2v) is 6.14. The maximum Gasteiger partial charge on any atom is 0.232 e. The Bertz CT molecular complexity index is 577. The molecule has 0 amide bonds. The van der Waals surface area contributed by atoms with Gasteiger partial charge in [0.25, 0.3) is 0 Å². The standard InChI is InChI=1S/C9H9ClN2O2S/c10-15(13,14)5-4-7-2-1-3-8-6-11-12-9(7)8/h1-3,6H,4-5H2,(H,11,12). The van der Waals surface area contributed by atoms with E-state index in [0.717, 1.165) is 16.5 Å². The van der Waals surface area contributed by atoms with Crippen molar-refractivity contribution in [3.63, 3.8) is 0 Å². The van der Waals surface area contributed by atoms with Crippen LogP contribution < -0.4 is 0 Å². The highest BCUT2D eigenvalue weighted by molar-refractivity contribution is 8.13. The Balaban J connectivity index is 2.32. The molecule has 1 heterocycles. The Morgan fingerprint density at radius 3 is 2.93 bits per heavy atom. The zero-order valence-corrected chi connectivity index (χ0v) is 9.35. The van der Waals surface area contributed by atoms with Gasteiger partial charge in [0.15, 0.2) is 0 Å². The molecule has 0 bridgehead atoms. The lowest BCUT2D eigenvalue weighted by Gasteiger charge is -2.00. The van der Waals surface area contributed by atoms with Crippen LogP contribution in [-0.4, -0.2) is 24.4 Å². The molecule has 0 fully saturated rings. The highest BCUT2D eigenvalue weighted by Gasteiger charge is 2.08. The second kappa shape index (κ2) is 3.83. The van der Waals surface area contributed by atoms with Crippen LogP contribution in [0.2, 0.25) is 0 Å². The van der Waals surface area contributed by atoms with Gasteiger partial charge in [0.05, 0.1) is 17.5 Å². The molecule has 0 aliphatic rings. The topological polar surface area (TPSA) is 62.8 Å². The van der Waals surface area contributed by atoms with Gasteiger partial charge in [-0.3, -0.25) is 5.10 Å². The van der Waals surface area contributed by atoms with Crippen molar-refractivity contribution in [1.82, 2.24) is 10.2 Å². The highest BCUT2D eigenvalue weighted by atomic mass is 35.7. The van der Waals surface area contributed by atoms with Crippen molar-refractivity contribution in [3.8, 4) is 0 Å². The van der Waals surface area contributed by atoms with E-state index in [1.54, 1.807) is 6.20 Å². The van der Waals surface area contributed by atoms with Crippen molar-refractivity contribution < 1.29 is 8.42 Å². The first kappa shape index (κ1) is 10.4. The molecule has 0 saturated carbocycles. The monoisotopic (exact) mass is 244 g/mol. The third-order valence-corrected chi connectivity index (χ3v) is 3.33. The number of halogens is 1. The van der Waals surface area contributed by atoms with Crippen LogP contribution in [0.5, 0.6) is 0 Å². The number of aryl methyl sites for hydroxylation is 1. The van der Waals surface area contributed by atoms with Crippen LogP contribution in [0.4, 0.5) is 0 Å². The van der Waals surface area contributed by atoms with Gasteiger partial charge in [0.2, 0.25) is 9.05 Å². The van der Waals surface area contributed by atoms with Crippen molar-refractivity contribution in [3.05, 3.63) is 30.0 Å². The van der Waals surface area contributed by atoms with E-state index < -0.39 is 9.05 Å². The minimum atomic E-state index is -3.44. The van der Waals surface area contributed by atoms with Gasteiger partial charge in [-0.15, -0.1) is 0 Å². The number of hydrogen-bond acceptors (Lipinski definition) is 3. The van der Waals surface area contributed by atoms with Crippen LogP contribution >= 0.6 is 10.7 Å². The fourth-order valence-electron chi connectivity index (χ4n) is 1.47. The van der Waals surface area contributed by atoms with Gasteiger partial charge < -0.3 is 0 Å². The van der Waals surface area contributed by atoms with E-state index in [4.69, 9.17) is 10.7 Å². The molecule has 0 unspecified atom stereocenters. The molecule has 0 radical (unpaired) electrons. The highest BCUT2D eigenvalue weighted by Crippen LogP contribution is 2.16. The van der Waals surface area contributed by atoms with E-state index in [-0.39, 0.29) is 5.75 Å². The van der Waals surface area contributed by atoms with Crippen LogP contribution in [-0.2, 0) is 15.5 Å². The van der Waals surface area contributed by atoms with E-state index in [1.165, 1.54) is 0 Å². The van der Waals surface area contributed by atoms with Crippen LogP contribution in [0.25, 0.3) is 10.9 Å². The molecule has 1 N–H and O–H groups in total. The van der Waals surface area contributed by atoms with Gasteiger partial charge in [0, 0.05) is 16.1 Å². The van der Waals surface area contributed by atoms with E-state index in [2.05, 4.69) is 10.2 Å². The average Bonchev–Trinajstić information content (AvgIpc) is 2.61. The SMILES string of the molecule is O=S(=O)(Cl)CCc1cccc2cn[nH]c12. The second-order valence-electron chi connectivity index (χ2n) is 3.24. The summed E-state index contributed by atoms with van der Waals surface area (Å²) in [5.74, 6) is -0.0628. The van der Waals surface area contributed by atoms with Gasteiger partial charge in [0.1, 0.15) is 0 Å². The molecule has 80 valence electrons. The quantitative estimate of drug-likeness (QED) is 0.836. The fraction of sp³-hybridized carbons (Fsp3) is 0.222. The molecule has 1 aromatic carbocycles. The molecule has 4 nitrogen and oxygen atoms in total. The molecule has 2 rings (SSSR count). The van der Waals surface area contributed by atoms with Crippen molar-refractivity contribution >= 4 is 30.6 Å². The summed E-state index contributed by atoms with van der Waals surface area (Å²) in [6.07, 6.45) is 2.10. The first-order chi connectivity index (χ1) is 7.06. The van der Waals surface area contributed by atoms with Crippen LogP contribution in [0, 0.1) is 0 Å². The van der Waals surface area contributed by atoms with Gasteiger partial charge in [-0.05, 0) is 12.0 Å². The summed E-state index contributed by atoms with van der Waals surface area (Å²) in [5.41, 5.74) is 1.78. The number of aromatic amines is 1. The zero-order chi connectivity index (χ0) is 10.9. The normalized spacial score (nSPS) is 12.1. The van der Waals surface area contributed by atoms with Crippen molar-refractivity contribution in [2.45, 2.75) is 6.42 Å². The van der Waals surface area contributed by atoms with Crippen LogP contribution in [0.15, 0.2) is 24.4 Å². The Morgan fingerprint density at radius 1 is 1.40 bits per heavy atom. The lowest BCUT2D eigenvalue weighted by atomic mass is 10.1. The summed E-state index contributed by atoms with van der Waals surface area (Å²) in [5, 5.41) is 7.71. The van der Waals surface area contributed by atoms with Gasteiger partial charge >= 0.3 is 0 Å². The van der Waals surface area contributed by atoms with E-state index in [1.807, 2.05) is 18.2 Å². The number of aromatic nitrogens is 2. The van der Waals surface area contributed by atoms with Gasteiger partial charge in [-0.2, -0.15) is 5.10 Å². The number of para-hydroxylation sites is 1. The van der Waals surface area contributed by atoms with Crippen LogP contribution in [0.1, 0.15) is 5.56 Å². The maximum atomic E-state index is 10.8. The fourth-order valence-corrected chi connectivity index (χ4v) is 2.17. The summed E-state index contributed by atoms with van der Waals surface area (Å²) in [6.45, 7) is 0. The Hall–Kier alpha value is -1.07. The predicted octanol–water partition coefficient (Wildman–Crippen LogP) is 1.67. The molecule has 0 spiro atoms. The molecule has 6 heteroatoms. The lowest BCUT2D eigenvalue weighted by molar-refractivity contribution is 0.609. The molecule has 1 aromatic heterocycles. The Morgan fingerprint density at radius 2 is 2.20 bits per heavy atom. The van der Waals surface area contributed by atoms with E-state index >= 15 is 0 Å². The maximum absolute atomic E-state index is 10.8. The smallest absolute Gasteiger partial charge is 0.232 e. The first-order valence-corrected chi connectivity index (χ1v) is 6.87. The Kier molecular flexibility index (Phi) is 2.67. The molecule has 0 aliphatic heterocycles. The molecule has 2 aromatic rings. The van der Waals surface area contributed by atoms with Crippen LogP contribution in [0.3, 0.4) is 0 Å². The summed E-state index contributed by atoms with van der Waals surface area (Å²) >= 11 is 0. The van der Waals surface area contributed by atoms with Crippen molar-refractivity contribution in [2.24, 2.45) is 0 Å². The van der Waals surface area contributed by atoms with E-state index in [0.29, 0.717) is 6.42 Å². The molecular formula is C9H9ClN2O2S. The van der Waals surface area contributed by atoms with Gasteiger partial charge in [-0.25, -0.2) is 8.42 Å². The number of rotatable bonds is 3. The van der Waals surface area contributed by atoms with Crippen molar-refractivity contribution in [2.75, 3.05) is 5.75 Å². The molecule has 0 atom stereocenters. The largest absolute Gasteiger partial charge is 0.278 e.